The van der Waals surface area contributed by atoms with Crippen molar-refractivity contribution in [1.82, 2.24) is 10.6 Å². The van der Waals surface area contributed by atoms with Crippen molar-refractivity contribution in [3.8, 4) is 47.0 Å². The first kappa shape index (κ1) is 56.4. The first-order valence-electron chi connectivity index (χ1n) is 32.6. The quantitative estimate of drug-likeness (QED) is 0.133. The Bertz CT molecular complexity index is 2930. The van der Waals surface area contributed by atoms with E-state index in [1.165, 1.54) is 56.9 Å². The fraction of sp³-hybridized carbons (Fsp3) is 0.714. The van der Waals surface area contributed by atoms with E-state index in [4.69, 9.17) is 23.9 Å². The lowest BCUT2D eigenvalue weighted by Crippen LogP contribution is -2.58. The van der Waals surface area contributed by atoms with Crippen molar-refractivity contribution in [3.05, 3.63) is 53.6 Å². The molecule has 9 fully saturated rings. The zero-order valence-electron chi connectivity index (χ0n) is 49.7. The molecule has 442 valence electrons. The number of hydrogen-bond donors (Lipinski definition) is 6. The van der Waals surface area contributed by atoms with Gasteiger partial charge in [0.15, 0.2) is 28.8 Å². The van der Waals surface area contributed by atoms with Crippen LogP contribution in [0, 0.1) is 99.4 Å². The van der Waals surface area contributed by atoms with Gasteiger partial charge >= 0.3 is 0 Å². The van der Waals surface area contributed by atoms with Crippen molar-refractivity contribution in [2.24, 2.45) is 80.4 Å². The summed E-state index contributed by atoms with van der Waals surface area (Å²) in [5.41, 5.74) is 1.05. The molecule has 2 aromatic carbocycles. The summed E-state index contributed by atoms with van der Waals surface area (Å²) in [6.07, 6.45) is 34.2. The van der Waals surface area contributed by atoms with Gasteiger partial charge in [-0.05, 0) is 228 Å². The van der Waals surface area contributed by atoms with Crippen LogP contribution in [0.1, 0.15) is 185 Å². The first-order valence-corrected chi connectivity index (χ1v) is 32.6. The number of benzene rings is 2. The number of nitrogens with one attached hydrogen (secondary N) is 3. The summed E-state index contributed by atoms with van der Waals surface area (Å²) in [5.74, 6) is 11.3. The largest absolute Gasteiger partial charge is 0.504 e. The molecule has 16 unspecified atom stereocenters. The maximum atomic E-state index is 16.1. The Hall–Kier alpha value is -4.72. The van der Waals surface area contributed by atoms with Gasteiger partial charge in [-0.1, -0.05) is 69.4 Å². The summed E-state index contributed by atoms with van der Waals surface area (Å²) >= 11 is 0. The van der Waals surface area contributed by atoms with Crippen molar-refractivity contribution >= 4 is 17.4 Å². The Morgan fingerprint density at radius 2 is 1.76 bits per heavy atom. The number of methoxy groups -OCH3 is 1. The van der Waals surface area contributed by atoms with E-state index in [2.05, 4.69) is 71.2 Å². The number of aliphatic imine (C=N–C) groups is 1. The number of aromatic hydroxyl groups is 1. The molecular formula is C70H94N4O8. The second-order valence-electron chi connectivity index (χ2n) is 28.6. The predicted octanol–water partition coefficient (Wildman–Crippen LogP) is 12.1. The van der Waals surface area contributed by atoms with Crippen LogP contribution in [-0.4, -0.2) is 78.9 Å². The SMILES string of the molecule is CCC1CCC2C(C1)C1C=CC(=O)C3(Cc4ccc(O)c(OC)c4)CCCC3CC#CNC(=NC)Nc3cc(cc4c3OC#CCC3CC(CNC)(CC35CCC3CC6CCCC6OC3(O)C5)O4)C13CCC1(CCCC1)C3C2CCCO. The first-order chi connectivity index (χ1) is 39.9. The molecule has 6 N–H and O–H groups in total. The van der Waals surface area contributed by atoms with Crippen molar-refractivity contribution in [2.75, 3.05) is 39.7 Å². The van der Waals surface area contributed by atoms with Crippen LogP contribution in [0.5, 0.6) is 23.0 Å². The molecule has 0 radical (unpaired) electrons. The van der Waals surface area contributed by atoms with Crippen LogP contribution in [0.4, 0.5) is 5.69 Å². The number of phenolic OH excluding ortho intramolecular Hbond substituents is 1. The second-order valence-corrected chi connectivity index (χ2v) is 28.6. The number of carbonyl (C=O) groups is 1. The average Bonchev–Trinajstić information content (AvgIpc) is 1.99. The van der Waals surface area contributed by atoms with Crippen LogP contribution in [-0.2, 0) is 21.4 Å². The second kappa shape index (κ2) is 22.3. The van der Waals surface area contributed by atoms with Crippen molar-refractivity contribution in [3.63, 3.8) is 0 Å². The Morgan fingerprint density at radius 3 is 2.57 bits per heavy atom. The maximum Gasteiger partial charge on any atom is 0.207 e. The molecule has 0 aromatic heterocycles. The molecule has 8 aliphatic carbocycles. The molecule has 12 heteroatoms. The Kier molecular flexibility index (Phi) is 15.3. The van der Waals surface area contributed by atoms with Gasteiger partial charge in [0.25, 0.3) is 0 Å². The van der Waals surface area contributed by atoms with Crippen molar-refractivity contribution < 1.29 is 39.1 Å². The van der Waals surface area contributed by atoms with Gasteiger partial charge in [-0.2, -0.15) is 0 Å². The summed E-state index contributed by atoms with van der Waals surface area (Å²) in [6.45, 7) is 3.17. The molecule has 0 amide bonds. The molecule has 82 heavy (non-hydrogen) atoms. The Balaban J connectivity index is 0.999. The number of phenols is 1. The third-order valence-electron chi connectivity index (χ3n) is 24.9. The van der Waals surface area contributed by atoms with E-state index >= 15 is 4.79 Å². The van der Waals surface area contributed by atoms with Crippen LogP contribution in [0.25, 0.3) is 0 Å². The molecule has 16 atom stereocenters. The minimum Gasteiger partial charge on any atom is -0.504 e. The van der Waals surface area contributed by atoms with Crippen molar-refractivity contribution in [2.45, 2.75) is 203 Å². The number of rotatable bonds is 9. The number of aliphatic hydroxyl groups is 2. The highest BCUT2D eigenvalue weighted by Crippen LogP contribution is 2.74. The minimum atomic E-state index is -1.16. The van der Waals surface area contributed by atoms with Gasteiger partial charge in [0, 0.05) is 62.3 Å². The summed E-state index contributed by atoms with van der Waals surface area (Å²) < 4.78 is 27.4. The lowest BCUT2D eigenvalue weighted by atomic mass is 9.42. The molecule has 4 bridgehead atoms. The normalized spacial score (nSPS) is 40.9. The number of ketones is 1. The highest BCUT2D eigenvalue weighted by atomic mass is 16.6. The van der Waals surface area contributed by atoms with Gasteiger partial charge in [-0.15, -0.1) is 0 Å². The maximum absolute atomic E-state index is 16.1. The molecule has 3 heterocycles. The monoisotopic (exact) mass is 1120 g/mol. The van der Waals surface area contributed by atoms with E-state index < -0.39 is 22.2 Å². The fourth-order valence-electron chi connectivity index (χ4n) is 21.6. The van der Waals surface area contributed by atoms with E-state index in [9.17, 15) is 15.3 Å². The van der Waals surface area contributed by atoms with Gasteiger partial charge < -0.3 is 44.9 Å². The van der Waals surface area contributed by atoms with Crippen LogP contribution in [0.3, 0.4) is 0 Å². The van der Waals surface area contributed by atoms with Crippen LogP contribution >= 0.6 is 0 Å². The Labute approximate surface area is 488 Å². The highest BCUT2D eigenvalue weighted by Gasteiger charge is 2.69. The van der Waals surface area contributed by atoms with Crippen LogP contribution < -0.4 is 30.2 Å². The number of allylic oxidation sites excluding steroid dienone is 2. The number of aliphatic hydroxyl groups excluding tert-OH is 1. The lowest BCUT2D eigenvalue weighted by molar-refractivity contribution is -0.322. The molecule has 3 spiro atoms. The van der Waals surface area contributed by atoms with E-state index in [1.54, 1.807) is 20.2 Å². The third kappa shape index (κ3) is 9.48. The molecule has 8 saturated carbocycles. The van der Waals surface area contributed by atoms with E-state index in [0.717, 1.165) is 108 Å². The summed E-state index contributed by atoms with van der Waals surface area (Å²) in [4.78, 5) is 20.9. The van der Waals surface area contributed by atoms with Crippen LogP contribution in [0.15, 0.2) is 47.5 Å². The number of fused-ring (bicyclic) bond motifs is 13. The minimum absolute atomic E-state index is 0.00863. The molecule has 1 saturated heterocycles. The number of guanidine groups is 1. The van der Waals surface area contributed by atoms with Gasteiger partial charge in [0.2, 0.25) is 11.7 Å². The predicted molar refractivity (Wildman–Crippen MR) is 319 cm³/mol. The van der Waals surface area contributed by atoms with Gasteiger partial charge in [-0.25, -0.2) is 0 Å². The zero-order valence-corrected chi connectivity index (χ0v) is 49.7. The van der Waals surface area contributed by atoms with Gasteiger partial charge in [0.05, 0.1) is 18.9 Å². The van der Waals surface area contributed by atoms with E-state index in [-0.39, 0.29) is 58.7 Å². The highest BCUT2D eigenvalue weighted by molar-refractivity contribution is 5.97. The van der Waals surface area contributed by atoms with Gasteiger partial charge in [-0.3, -0.25) is 15.1 Å². The van der Waals surface area contributed by atoms with E-state index in [0.29, 0.717) is 90.9 Å². The smallest absolute Gasteiger partial charge is 0.207 e. The topological polar surface area (TPSA) is 163 Å². The number of anilines is 1. The number of likely N-dealkylation sites (N-methyl/N-ethyl adjacent to an activating group) is 1. The number of ether oxygens (including phenoxy) is 4. The molecular weight excluding hydrogens is 1020 g/mol. The zero-order chi connectivity index (χ0) is 56.5. The molecule has 12 nitrogen and oxygen atoms in total. The number of hydrogen-bond acceptors (Lipinski definition) is 10. The number of nitrogens with zero attached hydrogens (tertiary/aromatic N) is 1. The Morgan fingerprint density at radius 1 is 0.890 bits per heavy atom. The summed E-state index contributed by atoms with van der Waals surface area (Å²) in [7, 11) is 5.40. The van der Waals surface area contributed by atoms with Gasteiger partial charge in [0.1, 0.15) is 11.7 Å². The average molecular weight is 1120 g/mol. The molecule has 11 aliphatic rings. The van der Waals surface area contributed by atoms with Crippen LogP contribution in [0.2, 0.25) is 0 Å². The molecule has 13 rings (SSSR count). The third-order valence-corrected chi connectivity index (χ3v) is 24.9. The fourth-order valence-corrected chi connectivity index (χ4v) is 21.6. The molecule has 3 aliphatic heterocycles. The molecule has 2 aromatic rings. The summed E-state index contributed by atoms with van der Waals surface area (Å²) in [6, 6.07) is 13.6. The standard InChI is InChI=1S/C70H94N4O8/c1-5-45-19-21-52-53(17-11-33-75)63-65(26-6-7-27-65)30-31-69(63)51-38-56(62-60(39-51)81-67(44-71-2)41-50(16-12-34-80-62)66(42-67)29-25-49-37-47-13-8-18-58(47)82-70(49,78)43-66)74-64(72-3)73-32-10-15-48-14-9-28-68(48,61(77)24-22-55(69)54(52)35-45)40-46-20-23-57(76)59(36-46)79-4/h20,22-24,36,38-39,45,47-50,52-55,58,63,71,75-76,78H,5-9,11,13-19,21,25-31,33,35,37,40-44H2,1-4H3,(H2,72,73,74). The van der Waals surface area contributed by atoms with Crippen molar-refractivity contribution in [1.29, 1.82) is 0 Å². The summed E-state index contributed by atoms with van der Waals surface area (Å²) in [5, 5.41) is 45.1. The van der Waals surface area contributed by atoms with E-state index in [1.807, 2.05) is 19.2 Å². The lowest BCUT2D eigenvalue weighted by Gasteiger charge is -2.62. The number of carbonyl (C=O) groups excluding carboxylic acids is 1.